The highest BCUT2D eigenvalue weighted by Crippen LogP contribution is 2.29. The first kappa shape index (κ1) is 21.0. The summed E-state index contributed by atoms with van der Waals surface area (Å²) in [5.41, 5.74) is 3.84. The van der Waals surface area contributed by atoms with Crippen molar-refractivity contribution in [3.63, 3.8) is 0 Å². The van der Waals surface area contributed by atoms with Crippen molar-refractivity contribution >= 4 is 22.8 Å². The number of aryl methyl sites for hydroxylation is 3. The molecular formula is C22H28N6O3. The molecule has 4 rings (SSSR count). The van der Waals surface area contributed by atoms with Crippen LogP contribution in [0.5, 0.6) is 0 Å². The molecular weight excluding hydrogens is 396 g/mol. The fourth-order valence-electron chi connectivity index (χ4n) is 4.03. The summed E-state index contributed by atoms with van der Waals surface area (Å²) in [5, 5.41) is 15.5. The van der Waals surface area contributed by atoms with E-state index >= 15 is 0 Å². The Morgan fingerprint density at radius 3 is 2.61 bits per heavy atom. The molecule has 1 aliphatic heterocycles. The lowest BCUT2D eigenvalue weighted by atomic mass is 10.1. The number of benzene rings is 1. The summed E-state index contributed by atoms with van der Waals surface area (Å²) in [6.45, 7) is 8.53. The Bertz CT molecular complexity index is 1310. The predicted molar refractivity (Wildman–Crippen MR) is 121 cm³/mol. The van der Waals surface area contributed by atoms with Gasteiger partial charge in [0.15, 0.2) is 11.2 Å². The molecule has 0 saturated carbocycles. The fourth-order valence-corrected chi connectivity index (χ4v) is 4.03. The van der Waals surface area contributed by atoms with Crippen LogP contribution >= 0.6 is 0 Å². The largest absolute Gasteiger partial charge is 0.396 e. The SMILES string of the molecule is CC1=NN(CCCO)c2nc3c(c(=O)n(Cc4cc(C)ccc4C)c(=O)n3C)n2[C@H]1C. The molecule has 0 spiro atoms. The minimum atomic E-state index is -0.402. The van der Waals surface area contributed by atoms with Gasteiger partial charge in [-0.05, 0) is 45.2 Å². The molecule has 1 atom stereocenters. The Morgan fingerprint density at radius 1 is 1.16 bits per heavy atom. The maximum atomic E-state index is 13.6. The van der Waals surface area contributed by atoms with E-state index < -0.39 is 5.69 Å². The van der Waals surface area contributed by atoms with Crippen molar-refractivity contribution in [1.82, 2.24) is 18.7 Å². The zero-order chi connectivity index (χ0) is 22.4. The number of imidazole rings is 1. The first-order chi connectivity index (χ1) is 14.7. The van der Waals surface area contributed by atoms with Crippen molar-refractivity contribution in [3.8, 4) is 0 Å². The number of fused-ring (bicyclic) bond motifs is 3. The lowest BCUT2D eigenvalue weighted by molar-refractivity contribution is 0.289. The van der Waals surface area contributed by atoms with Crippen molar-refractivity contribution in [2.45, 2.75) is 46.7 Å². The normalized spacial score (nSPS) is 16.0. The minimum Gasteiger partial charge on any atom is -0.396 e. The molecule has 0 unspecified atom stereocenters. The second kappa shape index (κ2) is 7.81. The van der Waals surface area contributed by atoms with Crippen LogP contribution in [-0.4, -0.2) is 42.7 Å². The van der Waals surface area contributed by atoms with E-state index in [9.17, 15) is 14.7 Å². The second-order valence-electron chi connectivity index (χ2n) is 8.23. The van der Waals surface area contributed by atoms with Gasteiger partial charge in [-0.15, -0.1) is 0 Å². The summed E-state index contributed by atoms with van der Waals surface area (Å²) >= 11 is 0. The molecule has 9 nitrogen and oxygen atoms in total. The molecule has 31 heavy (non-hydrogen) atoms. The van der Waals surface area contributed by atoms with Crippen molar-refractivity contribution in [2.24, 2.45) is 12.1 Å². The van der Waals surface area contributed by atoms with Crippen LogP contribution in [0.1, 0.15) is 43.0 Å². The predicted octanol–water partition coefficient (Wildman–Crippen LogP) is 1.70. The van der Waals surface area contributed by atoms with Crippen LogP contribution in [0.4, 0.5) is 5.95 Å². The summed E-state index contributed by atoms with van der Waals surface area (Å²) in [5.74, 6) is 0.512. The maximum absolute atomic E-state index is 13.6. The molecule has 0 aliphatic carbocycles. The third-order valence-electron chi connectivity index (χ3n) is 6.02. The first-order valence-electron chi connectivity index (χ1n) is 10.5. The molecule has 1 N–H and O–H groups in total. The number of aromatic nitrogens is 4. The van der Waals surface area contributed by atoms with Gasteiger partial charge in [0.25, 0.3) is 5.56 Å². The van der Waals surface area contributed by atoms with E-state index in [1.165, 1.54) is 9.13 Å². The molecule has 3 heterocycles. The number of hydrogen-bond acceptors (Lipinski definition) is 6. The standard InChI is InChI=1S/C22H28N6O3/c1-13-7-8-14(2)17(11-13)12-26-20(30)18-19(25(5)22(26)31)23-21-27(9-6-10-29)24-15(3)16(4)28(18)21/h7-8,11,16,29H,6,9-10,12H2,1-5H3/t16-/m0/s1. The Kier molecular flexibility index (Phi) is 5.30. The van der Waals surface area contributed by atoms with Gasteiger partial charge in [-0.2, -0.15) is 10.1 Å². The maximum Gasteiger partial charge on any atom is 0.332 e. The number of anilines is 1. The van der Waals surface area contributed by atoms with Crippen molar-refractivity contribution < 1.29 is 5.11 Å². The fraction of sp³-hybridized carbons (Fsp3) is 0.455. The molecule has 1 aliphatic rings. The molecule has 0 bridgehead atoms. The van der Waals surface area contributed by atoms with Gasteiger partial charge in [0.1, 0.15) is 0 Å². The van der Waals surface area contributed by atoms with E-state index in [4.69, 9.17) is 0 Å². The Morgan fingerprint density at radius 2 is 1.90 bits per heavy atom. The van der Waals surface area contributed by atoms with Crippen molar-refractivity contribution in [1.29, 1.82) is 0 Å². The molecule has 2 aromatic heterocycles. The average Bonchev–Trinajstić information content (AvgIpc) is 3.15. The number of rotatable bonds is 5. The van der Waals surface area contributed by atoms with Gasteiger partial charge in [-0.1, -0.05) is 23.8 Å². The smallest absolute Gasteiger partial charge is 0.332 e. The van der Waals surface area contributed by atoms with Gasteiger partial charge in [0.2, 0.25) is 5.95 Å². The average molecular weight is 425 g/mol. The van der Waals surface area contributed by atoms with Gasteiger partial charge >= 0.3 is 5.69 Å². The molecule has 0 fully saturated rings. The summed E-state index contributed by atoms with van der Waals surface area (Å²) in [7, 11) is 1.64. The summed E-state index contributed by atoms with van der Waals surface area (Å²) in [6, 6.07) is 5.85. The number of aliphatic hydroxyl groups is 1. The minimum absolute atomic E-state index is 0.0297. The highest BCUT2D eigenvalue weighted by Gasteiger charge is 2.30. The third-order valence-corrected chi connectivity index (χ3v) is 6.02. The van der Waals surface area contributed by atoms with Crippen LogP contribution in [0.15, 0.2) is 32.9 Å². The van der Waals surface area contributed by atoms with Crippen LogP contribution < -0.4 is 16.3 Å². The molecule has 0 radical (unpaired) electrons. The van der Waals surface area contributed by atoms with Crippen LogP contribution in [0.3, 0.4) is 0 Å². The summed E-state index contributed by atoms with van der Waals surface area (Å²) < 4.78 is 4.57. The highest BCUT2D eigenvalue weighted by molar-refractivity contribution is 5.91. The molecule has 1 aromatic carbocycles. The topological polar surface area (TPSA) is 97.7 Å². The molecule has 164 valence electrons. The molecule has 0 saturated heterocycles. The number of hydrazone groups is 1. The van der Waals surface area contributed by atoms with E-state index in [1.807, 2.05) is 50.5 Å². The van der Waals surface area contributed by atoms with Gasteiger partial charge in [-0.3, -0.25) is 18.5 Å². The summed E-state index contributed by atoms with van der Waals surface area (Å²) in [4.78, 5) is 31.3. The number of nitrogens with zero attached hydrogens (tertiary/aromatic N) is 6. The van der Waals surface area contributed by atoms with Gasteiger partial charge < -0.3 is 5.11 Å². The summed E-state index contributed by atoms with van der Waals surface area (Å²) in [6.07, 6.45) is 0.518. The van der Waals surface area contributed by atoms with E-state index in [0.29, 0.717) is 30.1 Å². The first-order valence-corrected chi connectivity index (χ1v) is 10.5. The van der Waals surface area contributed by atoms with Crippen LogP contribution in [0, 0.1) is 13.8 Å². The van der Waals surface area contributed by atoms with Crippen LogP contribution in [0.25, 0.3) is 11.2 Å². The number of hydrogen-bond donors (Lipinski definition) is 1. The third kappa shape index (κ3) is 3.38. The van der Waals surface area contributed by atoms with Crippen molar-refractivity contribution in [2.75, 3.05) is 18.2 Å². The second-order valence-corrected chi connectivity index (χ2v) is 8.23. The van der Waals surface area contributed by atoms with Crippen LogP contribution in [0.2, 0.25) is 0 Å². The zero-order valence-corrected chi connectivity index (χ0v) is 18.6. The Hall–Kier alpha value is -3.20. The van der Waals surface area contributed by atoms with E-state index in [0.717, 1.165) is 22.4 Å². The highest BCUT2D eigenvalue weighted by atomic mass is 16.3. The quantitative estimate of drug-likeness (QED) is 0.672. The van der Waals surface area contributed by atoms with Gasteiger partial charge in [0, 0.05) is 20.2 Å². The van der Waals surface area contributed by atoms with E-state index in [2.05, 4.69) is 10.1 Å². The van der Waals surface area contributed by atoms with E-state index in [-0.39, 0.29) is 24.8 Å². The van der Waals surface area contributed by atoms with Crippen LogP contribution in [-0.2, 0) is 13.6 Å². The van der Waals surface area contributed by atoms with Crippen molar-refractivity contribution in [3.05, 3.63) is 55.7 Å². The van der Waals surface area contributed by atoms with E-state index in [1.54, 1.807) is 12.1 Å². The molecule has 3 aromatic rings. The lowest BCUT2D eigenvalue weighted by Crippen LogP contribution is -2.40. The lowest BCUT2D eigenvalue weighted by Gasteiger charge is -2.29. The molecule has 0 amide bonds. The monoisotopic (exact) mass is 424 g/mol. The number of aliphatic hydroxyl groups excluding tert-OH is 1. The zero-order valence-electron chi connectivity index (χ0n) is 18.6. The van der Waals surface area contributed by atoms with Gasteiger partial charge in [-0.25, -0.2) is 9.80 Å². The Balaban J connectivity index is 1.96. The Labute approximate surface area is 179 Å². The van der Waals surface area contributed by atoms with Gasteiger partial charge in [0.05, 0.1) is 18.3 Å². The molecule has 9 heteroatoms.